The molecular weight excluding hydrogens is 142 g/mol. The number of carbonyl (C=O) groups is 1. The summed E-state index contributed by atoms with van der Waals surface area (Å²) in [6, 6.07) is 0. The van der Waals surface area contributed by atoms with Crippen LogP contribution in [0.4, 0.5) is 4.79 Å². The van der Waals surface area contributed by atoms with Crippen molar-refractivity contribution in [3.8, 4) is 0 Å². The second-order valence-corrected chi connectivity index (χ2v) is 0.266. The number of carboxylic acid groups (broad SMARTS) is 2. The molecule has 0 aliphatic heterocycles. The van der Waals surface area contributed by atoms with Crippen LogP contribution in [0, 0.1) is 0 Å². The van der Waals surface area contributed by atoms with E-state index in [0.29, 0.717) is 0 Å². The van der Waals surface area contributed by atoms with Crippen molar-refractivity contribution in [2.45, 2.75) is 0 Å². The van der Waals surface area contributed by atoms with Gasteiger partial charge in [-0.05, 0) is 0 Å². The van der Waals surface area contributed by atoms with Gasteiger partial charge in [0.1, 0.15) is 0 Å². The molecule has 1 N–H and O–H groups in total. The minimum Gasteiger partial charge on any atom is -1.00 e. The molecule has 0 aromatic carbocycles. The number of rotatable bonds is 0. The zero-order valence-electron chi connectivity index (χ0n) is 4.14. The average molecular weight is 143 g/mol. The molecule has 3 nitrogen and oxygen atoms in total. The van der Waals surface area contributed by atoms with Crippen molar-refractivity contribution in [3.63, 3.8) is 0 Å². The van der Waals surface area contributed by atoms with Crippen LogP contribution in [0.3, 0.4) is 0 Å². The molecule has 0 saturated heterocycles. The van der Waals surface area contributed by atoms with Crippen LogP contribution in [0.25, 0.3) is 0 Å². The fourth-order valence-electron chi connectivity index (χ4n) is 0. The predicted octanol–water partition coefficient (Wildman–Crippen LogP) is -10.1. The Morgan fingerprint density at radius 3 is 1.57 bits per heavy atom. The van der Waals surface area contributed by atoms with Gasteiger partial charge in [0.2, 0.25) is 6.16 Å². The molecule has 6 heteroatoms. The molecule has 7 heavy (non-hydrogen) atoms. The van der Waals surface area contributed by atoms with Crippen LogP contribution in [-0.2, 0) is 0 Å². The molecule has 0 amide bonds. The maximum absolute atomic E-state index is 8.44. The normalized spacial score (nSPS) is 3.43. The first-order valence-electron chi connectivity index (χ1n) is 0.632. The van der Waals surface area contributed by atoms with Crippen LogP contribution in [0.15, 0.2) is 0 Å². The molecule has 32 valence electrons. The van der Waals surface area contributed by atoms with Crippen LogP contribution >= 0.6 is 0 Å². The first-order chi connectivity index (χ1) is 1.73. The van der Waals surface area contributed by atoms with E-state index in [-0.39, 0.29) is 82.7 Å². The molecular formula is CHClKLiO3. The van der Waals surface area contributed by atoms with Gasteiger partial charge in [0.25, 0.3) is 0 Å². The average Bonchev–Trinajstić information content (AvgIpc) is 0.811. The molecule has 0 unspecified atom stereocenters. The Hall–Kier alpha value is 1.79. The van der Waals surface area contributed by atoms with E-state index in [1.807, 2.05) is 0 Å². The van der Waals surface area contributed by atoms with Gasteiger partial charge < -0.3 is 27.4 Å². The third-order valence-corrected chi connectivity index (χ3v) is 0. The summed E-state index contributed by atoms with van der Waals surface area (Å²) in [7, 11) is 0. The summed E-state index contributed by atoms with van der Waals surface area (Å²) < 4.78 is 0. The molecule has 0 spiro atoms. The topological polar surface area (TPSA) is 60.4 Å². The molecule has 0 heterocycles. The van der Waals surface area contributed by atoms with E-state index in [2.05, 4.69) is 0 Å². The summed E-state index contributed by atoms with van der Waals surface area (Å²) in [5.41, 5.74) is 0. The maximum atomic E-state index is 8.44. The largest absolute Gasteiger partial charge is 1.00 e. The third-order valence-electron chi connectivity index (χ3n) is 0. The SMILES string of the molecule is O=C([O-])O.[Cl-].[K+].[Li+]. The minimum atomic E-state index is -2.08. The van der Waals surface area contributed by atoms with Gasteiger partial charge in [-0.1, -0.05) is 0 Å². The standard InChI is InChI=1S/CH2O3.ClH.K.Li/c2-1(3)4;;;/h(H2,2,3,4);1H;;/q;;2*+1/p-2. The van der Waals surface area contributed by atoms with E-state index in [1.165, 1.54) is 0 Å². The van der Waals surface area contributed by atoms with Gasteiger partial charge in [-0.2, -0.15) is 0 Å². The van der Waals surface area contributed by atoms with Gasteiger partial charge in [-0.25, -0.2) is 0 Å². The van der Waals surface area contributed by atoms with Gasteiger partial charge in [-0.3, -0.25) is 0 Å². The molecule has 0 fully saturated rings. The zero-order valence-corrected chi connectivity index (χ0v) is 8.02. The van der Waals surface area contributed by atoms with Crippen LogP contribution in [0.5, 0.6) is 0 Å². The van der Waals surface area contributed by atoms with Gasteiger partial charge in [-0.15, -0.1) is 0 Å². The van der Waals surface area contributed by atoms with Crippen LogP contribution in [0.2, 0.25) is 0 Å². The van der Waals surface area contributed by atoms with E-state index in [1.54, 1.807) is 0 Å². The summed E-state index contributed by atoms with van der Waals surface area (Å²) >= 11 is 0. The van der Waals surface area contributed by atoms with E-state index < -0.39 is 6.16 Å². The van der Waals surface area contributed by atoms with E-state index >= 15 is 0 Å². The van der Waals surface area contributed by atoms with Crippen molar-refractivity contribution < 1.29 is 97.7 Å². The first kappa shape index (κ1) is 23.2. The summed E-state index contributed by atoms with van der Waals surface area (Å²) in [4.78, 5) is 8.44. The Morgan fingerprint density at radius 1 is 1.57 bits per heavy atom. The molecule has 0 rings (SSSR count). The van der Waals surface area contributed by atoms with Crippen LogP contribution < -0.4 is 87.8 Å². The molecule has 0 atom stereocenters. The smallest absolute Gasteiger partial charge is 1.00 e. The minimum absolute atomic E-state index is 0. The van der Waals surface area contributed by atoms with Crippen molar-refractivity contribution in [2.75, 3.05) is 0 Å². The molecule has 0 aromatic rings. The number of hydrogen-bond acceptors (Lipinski definition) is 2. The summed E-state index contributed by atoms with van der Waals surface area (Å²) in [6.45, 7) is 0. The zero-order chi connectivity index (χ0) is 3.58. The number of hydrogen-bond donors (Lipinski definition) is 1. The van der Waals surface area contributed by atoms with Crippen LogP contribution in [-0.4, -0.2) is 11.3 Å². The van der Waals surface area contributed by atoms with Gasteiger partial charge in [0.05, 0.1) is 0 Å². The summed E-state index contributed by atoms with van der Waals surface area (Å²) in [5.74, 6) is 0. The predicted molar refractivity (Wildman–Crippen MR) is 8.02 cm³/mol. The second-order valence-electron chi connectivity index (χ2n) is 0.266. The fourth-order valence-corrected chi connectivity index (χ4v) is 0. The van der Waals surface area contributed by atoms with Crippen molar-refractivity contribution in [1.29, 1.82) is 0 Å². The van der Waals surface area contributed by atoms with Gasteiger partial charge in [0.15, 0.2) is 0 Å². The molecule has 0 aliphatic rings. The monoisotopic (exact) mass is 142 g/mol. The quantitative estimate of drug-likeness (QED) is 0.342. The summed E-state index contributed by atoms with van der Waals surface area (Å²) in [6.07, 6.45) is -2.08. The molecule has 0 radical (unpaired) electrons. The van der Waals surface area contributed by atoms with E-state index in [4.69, 9.17) is 15.0 Å². The van der Waals surface area contributed by atoms with Crippen molar-refractivity contribution in [3.05, 3.63) is 0 Å². The molecule has 0 aliphatic carbocycles. The van der Waals surface area contributed by atoms with E-state index in [0.717, 1.165) is 0 Å². The molecule has 0 aromatic heterocycles. The van der Waals surface area contributed by atoms with Crippen molar-refractivity contribution in [1.82, 2.24) is 0 Å². The molecule has 0 bridgehead atoms. The third kappa shape index (κ3) is 81.3. The Kier molecular flexibility index (Phi) is 52.0. The van der Waals surface area contributed by atoms with E-state index in [9.17, 15) is 0 Å². The van der Waals surface area contributed by atoms with Crippen LogP contribution in [0.1, 0.15) is 0 Å². The fraction of sp³-hybridized carbons (Fsp3) is 0. The van der Waals surface area contributed by atoms with Gasteiger partial charge in [0, 0.05) is 0 Å². The van der Waals surface area contributed by atoms with Crippen molar-refractivity contribution >= 4 is 6.16 Å². The summed E-state index contributed by atoms with van der Waals surface area (Å²) in [5, 5.41) is 15.3. The number of halogens is 1. The Morgan fingerprint density at radius 2 is 1.57 bits per heavy atom. The Bertz CT molecular complexity index is 37.9. The Balaban J connectivity index is -0.0000000150. The Labute approximate surface area is 102 Å². The first-order valence-corrected chi connectivity index (χ1v) is 0.632. The maximum Gasteiger partial charge on any atom is 1.00 e. The van der Waals surface area contributed by atoms with Crippen molar-refractivity contribution in [2.24, 2.45) is 0 Å². The molecule has 0 saturated carbocycles. The van der Waals surface area contributed by atoms with Gasteiger partial charge >= 0.3 is 70.2 Å². The second kappa shape index (κ2) is 15.7.